The normalized spacial score (nSPS) is 16.9. The predicted octanol–water partition coefficient (Wildman–Crippen LogP) is 2.87. The molecule has 2 atom stereocenters. The molecule has 0 spiro atoms. The summed E-state index contributed by atoms with van der Waals surface area (Å²) < 4.78 is 26.1. The minimum atomic E-state index is -1.45. The number of carboxylic acid groups (broad SMARTS) is 1. The molecule has 2 aromatic rings. The van der Waals surface area contributed by atoms with E-state index in [2.05, 4.69) is 0 Å². The third kappa shape index (κ3) is 3.99. The number of para-hydroxylation sites is 1. The molecule has 144 valence electrons. The summed E-state index contributed by atoms with van der Waals surface area (Å²) >= 11 is 0. The van der Waals surface area contributed by atoms with Crippen LogP contribution in [0.1, 0.15) is 16.7 Å². The van der Waals surface area contributed by atoms with Crippen LogP contribution in [0.3, 0.4) is 0 Å². The number of anilines is 1. The van der Waals surface area contributed by atoms with Crippen LogP contribution in [0.5, 0.6) is 5.75 Å². The first kappa shape index (κ1) is 19.4. The zero-order valence-corrected chi connectivity index (χ0v) is 16.4. The highest BCUT2D eigenvalue weighted by Crippen LogP contribution is 2.37. The van der Waals surface area contributed by atoms with Gasteiger partial charge in [0.05, 0.1) is 30.3 Å². The second-order valence-corrected chi connectivity index (χ2v) is 7.86. The van der Waals surface area contributed by atoms with Crippen LogP contribution in [-0.2, 0) is 26.9 Å². The van der Waals surface area contributed by atoms with Crippen LogP contribution in [-0.4, -0.2) is 41.7 Å². The smallest absolute Gasteiger partial charge is 0.329 e. The van der Waals surface area contributed by atoms with E-state index in [1.54, 1.807) is 7.11 Å². The Labute approximate surface area is 161 Å². The standard InChI is InChI=1S/C20H23NO5S/c1-13-8-17(25-3)9-14(2)20(13)27(24)21-16(11-26-12-19(22)23)10-15-6-4-5-7-18(15)21/h4-9,16H,10-12H2,1-3H3,(H,22,23). The van der Waals surface area contributed by atoms with Gasteiger partial charge in [-0.25, -0.2) is 9.00 Å². The van der Waals surface area contributed by atoms with E-state index in [0.29, 0.717) is 6.42 Å². The number of rotatable bonds is 7. The first-order valence-corrected chi connectivity index (χ1v) is 9.77. The Hall–Kier alpha value is -2.38. The number of ether oxygens (including phenoxy) is 2. The van der Waals surface area contributed by atoms with Crippen molar-refractivity contribution in [2.24, 2.45) is 0 Å². The highest BCUT2D eigenvalue weighted by Gasteiger charge is 2.35. The topological polar surface area (TPSA) is 76.1 Å². The maximum atomic E-state index is 13.6. The maximum Gasteiger partial charge on any atom is 0.329 e. The SMILES string of the molecule is COc1cc(C)c(S(=O)N2c3ccccc3CC2COCC(=O)O)c(C)c1. The Bertz CT molecular complexity index is 859. The number of aryl methyl sites for hydroxylation is 2. The summed E-state index contributed by atoms with van der Waals surface area (Å²) in [5.41, 5.74) is 3.76. The molecule has 27 heavy (non-hydrogen) atoms. The van der Waals surface area contributed by atoms with Gasteiger partial charge in [-0.05, 0) is 55.2 Å². The van der Waals surface area contributed by atoms with E-state index in [4.69, 9.17) is 14.6 Å². The summed E-state index contributed by atoms with van der Waals surface area (Å²) in [6.07, 6.45) is 0.662. The van der Waals surface area contributed by atoms with Gasteiger partial charge in [0.15, 0.2) is 11.0 Å². The van der Waals surface area contributed by atoms with Gasteiger partial charge >= 0.3 is 5.97 Å². The molecule has 0 aliphatic carbocycles. The molecular formula is C20H23NO5S. The molecule has 3 rings (SSSR count). The molecule has 0 bridgehead atoms. The molecule has 0 fully saturated rings. The minimum Gasteiger partial charge on any atom is -0.497 e. The average Bonchev–Trinajstić information content (AvgIpc) is 2.98. The number of hydrogen-bond donors (Lipinski definition) is 1. The van der Waals surface area contributed by atoms with Crippen molar-refractivity contribution in [1.82, 2.24) is 0 Å². The van der Waals surface area contributed by atoms with Crippen molar-refractivity contribution >= 4 is 22.6 Å². The van der Waals surface area contributed by atoms with Gasteiger partial charge in [-0.3, -0.25) is 4.31 Å². The lowest BCUT2D eigenvalue weighted by atomic mass is 10.1. The summed E-state index contributed by atoms with van der Waals surface area (Å²) in [6, 6.07) is 11.4. The third-order valence-electron chi connectivity index (χ3n) is 4.57. The van der Waals surface area contributed by atoms with Crippen LogP contribution >= 0.6 is 0 Å². The Balaban J connectivity index is 1.95. The molecular weight excluding hydrogens is 366 g/mol. The number of aliphatic carboxylic acids is 1. The summed E-state index contributed by atoms with van der Waals surface area (Å²) in [7, 11) is 0.161. The molecule has 0 aromatic heterocycles. The fourth-order valence-electron chi connectivity index (χ4n) is 3.47. The van der Waals surface area contributed by atoms with Gasteiger partial charge in [0.1, 0.15) is 12.4 Å². The Morgan fingerprint density at radius 2 is 1.93 bits per heavy atom. The van der Waals surface area contributed by atoms with E-state index >= 15 is 0 Å². The Morgan fingerprint density at radius 1 is 1.26 bits per heavy atom. The van der Waals surface area contributed by atoms with Crippen molar-refractivity contribution < 1.29 is 23.6 Å². The number of methoxy groups -OCH3 is 1. The fraction of sp³-hybridized carbons (Fsp3) is 0.350. The highest BCUT2D eigenvalue weighted by molar-refractivity contribution is 7.86. The first-order chi connectivity index (χ1) is 12.9. The largest absolute Gasteiger partial charge is 0.497 e. The number of carbonyl (C=O) groups is 1. The van der Waals surface area contributed by atoms with Crippen molar-refractivity contribution in [2.45, 2.75) is 31.2 Å². The van der Waals surface area contributed by atoms with Gasteiger partial charge in [0, 0.05) is 0 Å². The molecule has 2 unspecified atom stereocenters. The fourth-order valence-corrected chi connectivity index (χ4v) is 5.10. The predicted molar refractivity (Wildman–Crippen MR) is 104 cm³/mol. The van der Waals surface area contributed by atoms with E-state index < -0.39 is 17.0 Å². The second kappa shape index (κ2) is 8.10. The average molecular weight is 389 g/mol. The van der Waals surface area contributed by atoms with Crippen LogP contribution in [0.2, 0.25) is 0 Å². The van der Waals surface area contributed by atoms with Crippen molar-refractivity contribution in [3.63, 3.8) is 0 Å². The molecule has 1 aliphatic rings. The number of carboxylic acids is 1. The number of hydrogen-bond acceptors (Lipinski definition) is 4. The molecule has 0 amide bonds. The van der Waals surface area contributed by atoms with Crippen molar-refractivity contribution in [1.29, 1.82) is 0 Å². The van der Waals surface area contributed by atoms with Gasteiger partial charge in [-0.15, -0.1) is 0 Å². The van der Waals surface area contributed by atoms with Crippen molar-refractivity contribution in [2.75, 3.05) is 24.6 Å². The van der Waals surface area contributed by atoms with Gasteiger partial charge in [0.2, 0.25) is 0 Å². The molecule has 1 N–H and O–H groups in total. The number of benzene rings is 2. The molecule has 0 saturated heterocycles. The van der Waals surface area contributed by atoms with Gasteiger partial charge in [0.25, 0.3) is 0 Å². The zero-order chi connectivity index (χ0) is 19.6. The molecule has 7 heteroatoms. The van der Waals surface area contributed by atoms with E-state index in [-0.39, 0.29) is 19.3 Å². The number of fused-ring (bicyclic) bond motifs is 1. The lowest BCUT2D eigenvalue weighted by Gasteiger charge is -2.27. The quantitative estimate of drug-likeness (QED) is 0.788. The zero-order valence-electron chi connectivity index (χ0n) is 15.6. The molecule has 1 heterocycles. The van der Waals surface area contributed by atoms with Crippen LogP contribution < -0.4 is 9.04 Å². The van der Waals surface area contributed by atoms with Gasteiger partial charge in [-0.2, -0.15) is 0 Å². The second-order valence-electron chi connectivity index (χ2n) is 6.56. The minimum absolute atomic E-state index is 0.191. The summed E-state index contributed by atoms with van der Waals surface area (Å²) in [5.74, 6) is -0.283. The van der Waals surface area contributed by atoms with E-state index in [9.17, 15) is 9.00 Å². The third-order valence-corrected chi connectivity index (χ3v) is 6.42. The lowest BCUT2D eigenvalue weighted by molar-refractivity contribution is -0.142. The lowest BCUT2D eigenvalue weighted by Crippen LogP contribution is -2.38. The first-order valence-electron chi connectivity index (χ1n) is 8.66. The molecule has 1 aliphatic heterocycles. The van der Waals surface area contributed by atoms with E-state index in [1.807, 2.05) is 54.6 Å². The summed E-state index contributed by atoms with van der Waals surface area (Å²) in [5, 5.41) is 8.83. The Kier molecular flexibility index (Phi) is 5.82. The van der Waals surface area contributed by atoms with Crippen LogP contribution in [0.4, 0.5) is 5.69 Å². The van der Waals surface area contributed by atoms with Gasteiger partial charge in [-0.1, -0.05) is 18.2 Å². The highest BCUT2D eigenvalue weighted by atomic mass is 32.2. The van der Waals surface area contributed by atoms with Crippen LogP contribution in [0, 0.1) is 13.8 Å². The molecule has 2 aromatic carbocycles. The van der Waals surface area contributed by atoms with Crippen molar-refractivity contribution in [3.05, 3.63) is 53.1 Å². The molecule has 6 nitrogen and oxygen atoms in total. The molecule has 0 saturated carbocycles. The van der Waals surface area contributed by atoms with Crippen LogP contribution in [0.15, 0.2) is 41.3 Å². The van der Waals surface area contributed by atoms with E-state index in [1.165, 1.54) is 0 Å². The van der Waals surface area contributed by atoms with Gasteiger partial charge < -0.3 is 14.6 Å². The van der Waals surface area contributed by atoms with E-state index in [0.717, 1.165) is 33.0 Å². The van der Waals surface area contributed by atoms with Crippen molar-refractivity contribution in [3.8, 4) is 5.75 Å². The summed E-state index contributed by atoms with van der Waals surface area (Å²) in [4.78, 5) is 11.5. The maximum absolute atomic E-state index is 13.6. The molecule has 0 radical (unpaired) electrons. The monoisotopic (exact) mass is 389 g/mol. The van der Waals surface area contributed by atoms with Crippen LogP contribution in [0.25, 0.3) is 0 Å². The summed E-state index contributed by atoms with van der Waals surface area (Å²) in [6.45, 7) is 3.66. The Morgan fingerprint density at radius 3 is 2.56 bits per heavy atom. The number of nitrogens with zero attached hydrogens (tertiary/aromatic N) is 1.